The summed E-state index contributed by atoms with van der Waals surface area (Å²) < 4.78 is 5.37. The first-order chi connectivity index (χ1) is 8.10. The number of hydrogen-bond acceptors (Lipinski definition) is 5. The maximum atomic E-state index is 10.9. The van der Waals surface area contributed by atoms with E-state index in [-0.39, 0.29) is 17.2 Å². The Bertz CT molecular complexity index is 481. The van der Waals surface area contributed by atoms with Crippen LogP contribution in [0.25, 0.3) is 0 Å². The van der Waals surface area contributed by atoms with Crippen LogP contribution in [0.4, 0.5) is 0 Å². The van der Waals surface area contributed by atoms with Crippen LogP contribution >= 0.6 is 11.8 Å². The van der Waals surface area contributed by atoms with Crippen molar-refractivity contribution in [2.45, 2.75) is 25.1 Å². The molecule has 2 atom stereocenters. The number of amidine groups is 1. The molecule has 0 saturated carbocycles. The minimum absolute atomic E-state index is 0.00514. The lowest BCUT2D eigenvalue weighted by Gasteiger charge is -2.09. The van der Waals surface area contributed by atoms with Gasteiger partial charge in [-0.15, -0.1) is 0 Å². The maximum absolute atomic E-state index is 10.9. The molecule has 90 valence electrons. The van der Waals surface area contributed by atoms with Crippen LogP contribution in [0.5, 0.6) is 0 Å². The first-order valence-electron chi connectivity index (χ1n) is 5.17. The normalized spacial score (nSPS) is 23.3. The van der Waals surface area contributed by atoms with Crippen LogP contribution in [0.1, 0.15) is 35.4 Å². The van der Waals surface area contributed by atoms with Gasteiger partial charge in [0.25, 0.3) is 0 Å². The smallest absolute Gasteiger partial charge is 0.222 e. The summed E-state index contributed by atoms with van der Waals surface area (Å²) in [6, 6.07) is 3.41. The third-order valence-electron chi connectivity index (χ3n) is 2.32. The Hall–Kier alpha value is -1.56. The van der Waals surface area contributed by atoms with Gasteiger partial charge in [0.2, 0.25) is 5.91 Å². The van der Waals surface area contributed by atoms with Crippen LogP contribution in [0.3, 0.4) is 0 Å². The minimum Gasteiger partial charge on any atom is -0.457 e. The summed E-state index contributed by atoms with van der Waals surface area (Å²) in [7, 11) is 0. The van der Waals surface area contributed by atoms with Gasteiger partial charge in [0.05, 0.1) is 11.3 Å². The molecule has 2 heterocycles. The zero-order valence-corrected chi connectivity index (χ0v) is 10.3. The molecule has 5 nitrogen and oxygen atoms in total. The summed E-state index contributed by atoms with van der Waals surface area (Å²) in [5.74, 6) is 0.867. The lowest BCUT2D eigenvalue weighted by molar-refractivity contribution is -0.117. The molecule has 0 aromatic carbocycles. The quantitative estimate of drug-likeness (QED) is 0.814. The molecule has 1 aromatic rings. The van der Waals surface area contributed by atoms with Crippen molar-refractivity contribution >= 4 is 29.1 Å². The van der Waals surface area contributed by atoms with Gasteiger partial charge in [0.15, 0.2) is 17.2 Å². The van der Waals surface area contributed by atoms with E-state index >= 15 is 0 Å². The van der Waals surface area contributed by atoms with Crippen molar-refractivity contribution in [1.29, 1.82) is 0 Å². The van der Waals surface area contributed by atoms with Crippen LogP contribution in [0.2, 0.25) is 0 Å². The third kappa shape index (κ3) is 2.58. The monoisotopic (exact) mass is 252 g/mol. The van der Waals surface area contributed by atoms with E-state index in [2.05, 4.69) is 10.3 Å². The molecule has 1 amide bonds. The van der Waals surface area contributed by atoms with E-state index < -0.39 is 0 Å². The van der Waals surface area contributed by atoms with Crippen molar-refractivity contribution in [2.24, 2.45) is 4.99 Å². The first kappa shape index (κ1) is 11.9. The average Bonchev–Trinajstić information content (AvgIpc) is 2.83. The molecule has 0 bridgehead atoms. The molecule has 0 spiro atoms. The van der Waals surface area contributed by atoms with Gasteiger partial charge in [-0.3, -0.25) is 14.6 Å². The van der Waals surface area contributed by atoms with Crippen LogP contribution in [-0.4, -0.2) is 23.4 Å². The molecule has 2 unspecified atom stereocenters. The number of thioether (sulfide) groups is 1. The summed E-state index contributed by atoms with van der Waals surface area (Å²) in [6.07, 6.45) is 0.670. The molecule has 0 saturated heterocycles. The summed E-state index contributed by atoms with van der Waals surface area (Å²) in [5, 5.41) is 3.26. The number of aldehydes is 1. The summed E-state index contributed by atoms with van der Waals surface area (Å²) in [6.45, 7) is 3.38. The summed E-state index contributed by atoms with van der Waals surface area (Å²) in [5.41, 5.74) is 0. The molecule has 6 heteroatoms. The lowest BCUT2D eigenvalue weighted by Crippen LogP contribution is -2.24. The number of nitrogens with one attached hydrogen (secondary N) is 1. The third-order valence-corrected chi connectivity index (χ3v) is 3.64. The fourth-order valence-electron chi connectivity index (χ4n) is 1.59. The fourth-order valence-corrected chi connectivity index (χ4v) is 2.77. The van der Waals surface area contributed by atoms with Crippen molar-refractivity contribution in [3.05, 3.63) is 23.7 Å². The number of hydrogen-bond donors (Lipinski definition) is 1. The molecular weight excluding hydrogens is 240 g/mol. The number of carbonyl (C=O) groups excluding carboxylic acids is 2. The molecule has 1 aliphatic heterocycles. The van der Waals surface area contributed by atoms with Crippen LogP contribution in [0, 0.1) is 0 Å². The number of furan rings is 1. The van der Waals surface area contributed by atoms with E-state index in [0.717, 1.165) is 0 Å². The second-order valence-corrected chi connectivity index (χ2v) is 4.88. The number of carbonyl (C=O) groups is 2. The van der Waals surface area contributed by atoms with E-state index in [9.17, 15) is 9.59 Å². The van der Waals surface area contributed by atoms with Gasteiger partial charge in [0, 0.05) is 6.92 Å². The Morgan fingerprint density at radius 3 is 2.94 bits per heavy atom. The minimum atomic E-state index is -0.142. The van der Waals surface area contributed by atoms with Gasteiger partial charge in [0.1, 0.15) is 5.76 Å². The highest BCUT2D eigenvalue weighted by Crippen LogP contribution is 2.39. The summed E-state index contributed by atoms with van der Waals surface area (Å²) >= 11 is 1.43. The molecule has 1 aromatic heterocycles. The molecule has 1 N–H and O–H groups in total. The molecule has 0 aliphatic carbocycles. The van der Waals surface area contributed by atoms with Gasteiger partial charge in [-0.25, -0.2) is 0 Å². The Balaban J connectivity index is 2.10. The van der Waals surface area contributed by atoms with Crippen LogP contribution in [-0.2, 0) is 4.79 Å². The standard InChI is InChI=1S/C11H12N2O3S/c1-6-10(9-4-3-8(5-14)16-9)17-11(12-6)13-7(2)15/h3-6,10H,1-2H3,(H,12,13,15). The van der Waals surface area contributed by atoms with Gasteiger partial charge in [-0.05, 0) is 19.1 Å². The van der Waals surface area contributed by atoms with Crippen molar-refractivity contribution < 1.29 is 14.0 Å². The van der Waals surface area contributed by atoms with E-state index in [1.165, 1.54) is 18.7 Å². The van der Waals surface area contributed by atoms with E-state index in [1.807, 2.05) is 6.92 Å². The Morgan fingerprint density at radius 2 is 2.35 bits per heavy atom. The topological polar surface area (TPSA) is 71.7 Å². The number of rotatable bonds is 2. The molecular formula is C11H12N2O3S. The number of nitrogens with zero attached hydrogens (tertiary/aromatic N) is 1. The van der Waals surface area contributed by atoms with Crippen LogP contribution < -0.4 is 5.32 Å². The second kappa shape index (κ2) is 4.75. The van der Waals surface area contributed by atoms with Gasteiger partial charge < -0.3 is 9.73 Å². The zero-order chi connectivity index (χ0) is 12.4. The molecule has 2 rings (SSSR count). The molecule has 1 aliphatic rings. The van der Waals surface area contributed by atoms with Gasteiger partial charge in [-0.1, -0.05) is 11.8 Å². The zero-order valence-electron chi connectivity index (χ0n) is 9.47. The van der Waals surface area contributed by atoms with Gasteiger partial charge >= 0.3 is 0 Å². The van der Waals surface area contributed by atoms with Crippen molar-refractivity contribution in [2.75, 3.05) is 0 Å². The largest absolute Gasteiger partial charge is 0.457 e. The average molecular weight is 252 g/mol. The Labute approximate surface area is 103 Å². The van der Waals surface area contributed by atoms with E-state index in [0.29, 0.717) is 23.0 Å². The van der Waals surface area contributed by atoms with Crippen LogP contribution in [0.15, 0.2) is 21.5 Å². The Morgan fingerprint density at radius 1 is 1.59 bits per heavy atom. The summed E-state index contributed by atoms with van der Waals surface area (Å²) in [4.78, 5) is 25.8. The van der Waals surface area contributed by atoms with Gasteiger partial charge in [-0.2, -0.15) is 0 Å². The number of aliphatic imine (C=N–C) groups is 1. The molecule has 0 fully saturated rings. The predicted octanol–water partition coefficient (Wildman–Crippen LogP) is 1.76. The predicted molar refractivity (Wildman–Crippen MR) is 65.1 cm³/mol. The fraction of sp³-hybridized carbons (Fsp3) is 0.364. The van der Waals surface area contributed by atoms with E-state index in [1.54, 1.807) is 12.1 Å². The van der Waals surface area contributed by atoms with Crippen molar-refractivity contribution in [1.82, 2.24) is 5.32 Å². The molecule has 0 radical (unpaired) electrons. The Kier molecular flexibility index (Phi) is 3.33. The maximum Gasteiger partial charge on any atom is 0.222 e. The highest BCUT2D eigenvalue weighted by Gasteiger charge is 2.31. The SMILES string of the molecule is CC(=O)NC1=NC(C)C(c2ccc(C=O)o2)S1. The van der Waals surface area contributed by atoms with Crippen molar-refractivity contribution in [3.63, 3.8) is 0 Å². The highest BCUT2D eigenvalue weighted by molar-refractivity contribution is 8.14. The lowest BCUT2D eigenvalue weighted by atomic mass is 10.2. The highest BCUT2D eigenvalue weighted by atomic mass is 32.2. The first-order valence-corrected chi connectivity index (χ1v) is 6.05. The van der Waals surface area contributed by atoms with E-state index in [4.69, 9.17) is 4.42 Å². The number of amides is 1. The van der Waals surface area contributed by atoms with Crippen molar-refractivity contribution in [3.8, 4) is 0 Å². The second-order valence-electron chi connectivity index (χ2n) is 3.75. The molecule has 17 heavy (non-hydrogen) atoms.